The highest BCUT2D eigenvalue weighted by atomic mass is 32.2. The smallest absolute Gasteiger partial charge is 0.241 e. The summed E-state index contributed by atoms with van der Waals surface area (Å²) in [6.07, 6.45) is 3.34. The van der Waals surface area contributed by atoms with Crippen LogP contribution in [-0.2, 0) is 10.0 Å². The second-order valence-electron chi connectivity index (χ2n) is 10.4. The molecule has 11 heteroatoms. The van der Waals surface area contributed by atoms with E-state index >= 15 is 0 Å². The average Bonchev–Trinajstić information content (AvgIpc) is 2.87. The fraction of sp³-hybridized carbons (Fsp3) is 0.519. The van der Waals surface area contributed by atoms with Gasteiger partial charge in [0.2, 0.25) is 27.9 Å². The number of aliphatic hydroxyl groups is 1. The molecule has 1 aliphatic carbocycles. The van der Waals surface area contributed by atoms with E-state index < -0.39 is 10.0 Å². The lowest BCUT2D eigenvalue weighted by molar-refractivity contribution is 0.303. The summed E-state index contributed by atoms with van der Waals surface area (Å²) in [6.45, 7) is 6.99. The molecule has 1 aliphatic rings. The van der Waals surface area contributed by atoms with Crippen molar-refractivity contribution in [3.8, 4) is 0 Å². The molecule has 1 heterocycles. The van der Waals surface area contributed by atoms with Crippen molar-refractivity contribution >= 4 is 38.6 Å². The van der Waals surface area contributed by atoms with E-state index in [0.717, 1.165) is 42.0 Å². The highest BCUT2D eigenvalue weighted by Crippen LogP contribution is 2.29. The van der Waals surface area contributed by atoms with Crippen LogP contribution < -0.4 is 20.3 Å². The van der Waals surface area contributed by atoms with E-state index in [2.05, 4.69) is 30.3 Å². The maximum absolute atomic E-state index is 13.4. The van der Waals surface area contributed by atoms with Gasteiger partial charge in [0.15, 0.2) is 0 Å². The minimum absolute atomic E-state index is 0.00491. The Balaban J connectivity index is 1.37. The Morgan fingerprint density at radius 2 is 1.74 bits per heavy atom. The first kappa shape index (κ1) is 28.0. The van der Waals surface area contributed by atoms with E-state index in [4.69, 9.17) is 0 Å². The summed E-state index contributed by atoms with van der Waals surface area (Å²) in [5.74, 6) is 1.84. The van der Waals surface area contributed by atoms with Crippen molar-refractivity contribution in [3.63, 3.8) is 0 Å². The molecular formula is C27H39N7O3S. The van der Waals surface area contributed by atoms with E-state index in [1.165, 1.54) is 0 Å². The molecule has 0 radical (unpaired) electrons. The topological polar surface area (TPSA) is 132 Å². The van der Waals surface area contributed by atoms with Crippen LogP contribution in [0.5, 0.6) is 0 Å². The molecule has 1 saturated carbocycles. The van der Waals surface area contributed by atoms with Gasteiger partial charge in [-0.15, -0.1) is 0 Å². The molecule has 38 heavy (non-hydrogen) atoms. The molecule has 1 fully saturated rings. The molecule has 3 aromatic rings. The molecule has 0 unspecified atom stereocenters. The van der Waals surface area contributed by atoms with Crippen molar-refractivity contribution in [2.75, 3.05) is 42.3 Å². The number of anilines is 3. The van der Waals surface area contributed by atoms with Crippen molar-refractivity contribution < 1.29 is 13.5 Å². The van der Waals surface area contributed by atoms with Gasteiger partial charge in [-0.2, -0.15) is 15.0 Å². The Kier molecular flexibility index (Phi) is 9.01. The predicted molar refractivity (Wildman–Crippen MR) is 152 cm³/mol. The van der Waals surface area contributed by atoms with Crippen molar-refractivity contribution in [2.45, 2.75) is 63.4 Å². The monoisotopic (exact) mass is 541 g/mol. The second kappa shape index (κ2) is 12.2. The number of rotatable bonds is 11. The van der Waals surface area contributed by atoms with E-state index in [-0.39, 0.29) is 18.7 Å². The Hall–Kier alpha value is -3.02. The average molecular weight is 542 g/mol. The second-order valence-corrected chi connectivity index (χ2v) is 12.0. The summed E-state index contributed by atoms with van der Waals surface area (Å²) < 4.78 is 29.8. The molecule has 0 aliphatic heterocycles. The number of aryl methyl sites for hydroxylation is 1. The molecule has 2 aromatic carbocycles. The molecule has 0 saturated heterocycles. The van der Waals surface area contributed by atoms with Gasteiger partial charge in [0.25, 0.3) is 0 Å². The lowest BCUT2D eigenvalue weighted by atomic mass is 9.86. The first-order valence-corrected chi connectivity index (χ1v) is 14.7. The number of hydrogen-bond donors (Lipinski definition) is 4. The summed E-state index contributed by atoms with van der Waals surface area (Å²) in [5.41, 5.74) is 0.752. The molecule has 0 amide bonds. The van der Waals surface area contributed by atoms with E-state index in [1.54, 1.807) is 4.90 Å². The maximum Gasteiger partial charge on any atom is 0.241 e. The SMILES string of the molecule is Cc1ccc2ccccc2c1S(=O)(=O)NC1CCC(CNc2nc(NC(C)C)nc(N(C)CCO)n2)CC1. The minimum Gasteiger partial charge on any atom is -0.395 e. The Labute approximate surface area is 225 Å². The molecule has 4 rings (SSSR count). The van der Waals surface area contributed by atoms with Crippen molar-refractivity contribution in [3.05, 3.63) is 42.0 Å². The number of fused-ring (bicyclic) bond motifs is 1. The van der Waals surface area contributed by atoms with Crippen LogP contribution in [0, 0.1) is 12.8 Å². The number of nitrogens with one attached hydrogen (secondary N) is 3. The van der Waals surface area contributed by atoms with Crippen molar-refractivity contribution in [2.24, 2.45) is 5.92 Å². The third kappa shape index (κ3) is 6.89. The molecular weight excluding hydrogens is 502 g/mol. The van der Waals surface area contributed by atoms with Gasteiger partial charge in [0, 0.05) is 37.6 Å². The van der Waals surface area contributed by atoms with Crippen LogP contribution in [-0.4, -0.2) is 67.3 Å². The summed E-state index contributed by atoms with van der Waals surface area (Å²) in [5, 5.41) is 17.5. The maximum atomic E-state index is 13.4. The molecule has 0 atom stereocenters. The number of sulfonamides is 1. The van der Waals surface area contributed by atoms with Crippen LogP contribution in [0.2, 0.25) is 0 Å². The van der Waals surface area contributed by atoms with Crippen LogP contribution in [0.3, 0.4) is 0 Å². The zero-order valence-electron chi connectivity index (χ0n) is 22.6. The van der Waals surface area contributed by atoms with Gasteiger partial charge < -0.3 is 20.6 Å². The first-order chi connectivity index (χ1) is 18.2. The number of aromatic nitrogens is 3. The normalized spacial score (nSPS) is 18.1. The third-order valence-corrected chi connectivity index (χ3v) is 8.60. The largest absolute Gasteiger partial charge is 0.395 e. The number of aliphatic hydroxyl groups excluding tert-OH is 1. The van der Waals surface area contributed by atoms with Gasteiger partial charge in [-0.3, -0.25) is 0 Å². The Bertz CT molecular complexity index is 1340. The molecule has 206 valence electrons. The standard InChI is InChI=1S/C27H39N7O3S/c1-18(2)29-26-30-25(31-27(32-26)34(4)15-16-35)28-17-20-10-13-22(14-11-20)33-38(36,37)24-19(3)9-12-21-7-5-6-8-23(21)24/h5-9,12,18,20,22,33,35H,10-11,13-17H2,1-4H3,(H2,28,29,30,31,32). The van der Waals surface area contributed by atoms with Crippen LogP contribution >= 0.6 is 0 Å². The number of nitrogens with zero attached hydrogens (tertiary/aromatic N) is 4. The van der Waals surface area contributed by atoms with E-state index in [1.807, 2.05) is 64.2 Å². The summed E-state index contributed by atoms with van der Waals surface area (Å²) in [4.78, 5) is 15.6. The van der Waals surface area contributed by atoms with E-state index in [0.29, 0.717) is 41.7 Å². The zero-order valence-corrected chi connectivity index (χ0v) is 23.4. The summed E-state index contributed by atoms with van der Waals surface area (Å²) >= 11 is 0. The highest BCUT2D eigenvalue weighted by molar-refractivity contribution is 7.89. The Morgan fingerprint density at radius 3 is 2.45 bits per heavy atom. The Morgan fingerprint density at radius 1 is 1.03 bits per heavy atom. The molecule has 10 nitrogen and oxygen atoms in total. The molecule has 0 spiro atoms. The van der Waals surface area contributed by atoms with Crippen LogP contribution in [0.4, 0.5) is 17.8 Å². The van der Waals surface area contributed by atoms with E-state index in [9.17, 15) is 13.5 Å². The summed E-state index contributed by atoms with van der Waals surface area (Å²) in [7, 11) is -1.81. The summed E-state index contributed by atoms with van der Waals surface area (Å²) in [6, 6.07) is 11.5. The van der Waals surface area contributed by atoms with Crippen LogP contribution in [0.15, 0.2) is 41.3 Å². The van der Waals surface area contributed by atoms with Gasteiger partial charge in [-0.25, -0.2) is 13.1 Å². The lowest BCUT2D eigenvalue weighted by Crippen LogP contribution is -2.38. The lowest BCUT2D eigenvalue weighted by Gasteiger charge is -2.29. The fourth-order valence-corrected chi connectivity index (χ4v) is 6.65. The van der Waals surface area contributed by atoms with Gasteiger partial charge >= 0.3 is 0 Å². The quantitative estimate of drug-likeness (QED) is 0.288. The molecule has 1 aromatic heterocycles. The number of likely N-dealkylation sites (N-methyl/N-ethyl adjacent to an activating group) is 1. The predicted octanol–water partition coefficient (Wildman–Crippen LogP) is 3.53. The minimum atomic E-state index is -3.64. The fourth-order valence-electron chi connectivity index (χ4n) is 4.89. The molecule has 4 N–H and O–H groups in total. The van der Waals surface area contributed by atoms with Gasteiger partial charge in [-0.1, -0.05) is 36.4 Å². The van der Waals surface area contributed by atoms with Crippen LogP contribution in [0.25, 0.3) is 10.8 Å². The van der Waals surface area contributed by atoms with Gasteiger partial charge in [0.05, 0.1) is 11.5 Å². The number of benzene rings is 2. The zero-order chi connectivity index (χ0) is 27.3. The van der Waals surface area contributed by atoms with Crippen molar-refractivity contribution in [1.82, 2.24) is 19.7 Å². The first-order valence-electron chi connectivity index (χ1n) is 13.3. The van der Waals surface area contributed by atoms with Gasteiger partial charge in [0.1, 0.15) is 0 Å². The van der Waals surface area contributed by atoms with Crippen molar-refractivity contribution in [1.29, 1.82) is 0 Å². The highest BCUT2D eigenvalue weighted by Gasteiger charge is 2.28. The number of hydrogen-bond acceptors (Lipinski definition) is 9. The van der Waals surface area contributed by atoms with Crippen LogP contribution in [0.1, 0.15) is 45.1 Å². The third-order valence-electron chi connectivity index (χ3n) is 6.88. The molecule has 0 bridgehead atoms. The van der Waals surface area contributed by atoms with Gasteiger partial charge in [-0.05, 0) is 63.3 Å².